The third kappa shape index (κ3) is 5.73. The van der Waals surface area contributed by atoms with Crippen LogP contribution < -0.4 is 20.5 Å². The van der Waals surface area contributed by atoms with Gasteiger partial charge in [-0.3, -0.25) is 4.79 Å². The second kappa shape index (κ2) is 10.4. The number of nitrogens with one attached hydrogen (secondary N) is 1. The number of nitrogens with two attached hydrogens (primary N) is 1. The zero-order valence-corrected chi connectivity index (χ0v) is 18.2. The first-order chi connectivity index (χ1) is 15.0. The van der Waals surface area contributed by atoms with Crippen LogP contribution >= 0.6 is 11.8 Å². The number of rotatable bonds is 7. The van der Waals surface area contributed by atoms with E-state index in [1.54, 1.807) is 13.2 Å². The van der Waals surface area contributed by atoms with E-state index in [-0.39, 0.29) is 17.6 Å². The van der Waals surface area contributed by atoms with Gasteiger partial charge < -0.3 is 20.5 Å². The number of benzene rings is 2. The molecule has 1 atom stereocenters. The fourth-order valence-corrected chi connectivity index (χ4v) is 3.04. The molecule has 3 rings (SSSR count). The number of anilines is 1. The van der Waals surface area contributed by atoms with Gasteiger partial charge in [0, 0.05) is 5.69 Å². The summed E-state index contributed by atoms with van der Waals surface area (Å²) >= 11 is 1.37. The molecule has 3 N–H and O–H groups in total. The summed E-state index contributed by atoms with van der Waals surface area (Å²) in [5.41, 5.74) is 8.63. The number of thioether (sulfide) groups is 1. The first-order valence-electron chi connectivity index (χ1n) is 9.32. The molecule has 0 saturated carbocycles. The molecule has 0 aliphatic heterocycles. The summed E-state index contributed by atoms with van der Waals surface area (Å²) in [6.07, 6.45) is 4.63. The third-order valence-corrected chi connectivity index (χ3v) is 4.95. The molecule has 160 valence electrons. The van der Waals surface area contributed by atoms with E-state index < -0.39 is 0 Å². The number of carbonyl (C=O) groups excluding carboxylic acids is 1. The number of aromatic nitrogens is 2. The van der Waals surface area contributed by atoms with Crippen LogP contribution in [-0.2, 0) is 0 Å². The average molecular weight is 438 g/mol. The quantitative estimate of drug-likeness (QED) is 0.430. The Hall–Kier alpha value is -3.59. The molecule has 8 nitrogen and oxygen atoms in total. The largest absolute Gasteiger partial charge is 0.497 e. The Morgan fingerprint density at radius 3 is 2.45 bits per heavy atom. The highest BCUT2D eigenvalue weighted by Crippen LogP contribution is 2.30. The normalized spacial score (nSPS) is 12.2. The number of hydrogen-bond donors (Lipinski definition) is 2. The maximum absolute atomic E-state index is 12.5. The third-order valence-electron chi connectivity index (χ3n) is 4.43. The van der Waals surface area contributed by atoms with Crippen LogP contribution in [-0.4, -0.2) is 41.5 Å². The Morgan fingerprint density at radius 2 is 1.84 bits per heavy atom. The van der Waals surface area contributed by atoms with Gasteiger partial charge in [0.1, 0.15) is 17.5 Å². The van der Waals surface area contributed by atoms with Gasteiger partial charge in [0.15, 0.2) is 5.17 Å². The van der Waals surface area contributed by atoms with Gasteiger partial charge in [-0.25, -0.2) is 15.0 Å². The van der Waals surface area contributed by atoms with E-state index in [0.29, 0.717) is 16.7 Å². The van der Waals surface area contributed by atoms with Crippen LogP contribution in [0.4, 0.5) is 5.69 Å². The van der Waals surface area contributed by atoms with Crippen LogP contribution in [0.1, 0.15) is 27.7 Å². The van der Waals surface area contributed by atoms with Crippen LogP contribution in [0.15, 0.2) is 65.9 Å². The lowest BCUT2D eigenvalue weighted by Crippen LogP contribution is -2.14. The van der Waals surface area contributed by atoms with E-state index >= 15 is 0 Å². The van der Waals surface area contributed by atoms with Gasteiger partial charge >= 0.3 is 0 Å². The predicted molar refractivity (Wildman–Crippen MR) is 123 cm³/mol. The number of methoxy groups -OCH3 is 2. The molecule has 1 heterocycles. The van der Waals surface area contributed by atoms with E-state index in [1.165, 1.54) is 31.3 Å². The maximum Gasteiger partial charge on any atom is 0.275 e. The van der Waals surface area contributed by atoms with Crippen molar-refractivity contribution in [3.8, 4) is 11.6 Å². The SMILES string of the molecule is COc1ccc(C(/N=C(/N)SC)c2cccc(NC(=O)c3cnc(OC)cn3)c2)cc1. The Morgan fingerprint density at radius 1 is 1.06 bits per heavy atom. The first-order valence-corrected chi connectivity index (χ1v) is 10.5. The molecule has 0 fully saturated rings. The molecule has 3 aromatic rings. The lowest BCUT2D eigenvalue weighted by Gasteiger charge is -2.16. The minimum Gasteiger partial charge on any atom is -0.497 e. The fourth-order valence-electron chi connectivity index (χ4n) is 2.83. The second-order valence-corrected chi connectivity index (χ2v) is 7.20. The summed E-state index contributed by atoms with van der Waals surface area (Å²) in [6, 6.07) is 14.8. The van der Waals surface area contributed by atoms with Crippen molar-refractivity contribution in [2.24, 2.45) is 10.7 Å². The molecule has 2 aromatic carbocycles. The molecule has 0 bridgehead atoms. The van der Waals surface area contributed by atoms with Crippen molar-refractivity contribution in [3.05, 3.63) is 77.7 Å². The maximum atomic E-state index is 12.5. The zero-order valence-electron chi connectivity index (χ0n) is 17.4. The predicted octanol–water partition coefficient (Wildman–Crippen LogP) is 3.51. The highest BCUT2D eigenvalue weighted by Gasteiger charge is 2.16. The lowest BCUT2D eigenvalue weighted by atomic mass is 9.98. The highest BCUT2D eigenvalue weighted by molar-refractivity contribution is 8.13. The van der Waals surface area contributed by atoms with Crippen LogP contribution in [0, 0.1) is 0 Å². The fraction of sp³-hybridized carbons (Fsp3) is 0.182. The van der Waals surface area contributed by atoms with Crippen molar-refractivity contribution >= 4 is 28.5 Å². The molecule has 0 radical (unpaired) electrons. The van der Waals surface area contributed by atoms with Crippen molar-refractivity contribution in [2.75, 3.05) is 25.8 Å². The molecule has 0 saturated heterocycles. The van der Waals surface area contributed by atoms with Gasteiger partial charge in [0.25, 0.3) is 5.91 Å². The molecule has 9 heteroatoms. The summed E-state index contributed by atoms with van der Waals surface area (Å²) in [5.74, 6) is 0.719. The molecular weight excluding hydrogens is 414 g/mol. The minimum atomic E-state index is -0.375. The molecule has 0 aliphatic rings. The van der Waals surface area contributed by atoms with Gasteiger partial charge in [0.05, 0.1) is 26.6 Å². The Bertz CT molecular complexity index is 1060. The van der Waals surface area contributed by atoms with Gasteiger partial charge in [-0.1, -0.05) is 36.0 Å². The second-order valence-electron chi connectivity index (χ2n) is 6.37. The number of ether oxygens (including phenoxy) is 2. The van der Waals surface area contributed by atoms with E-state index in [2.05, 4.69) is 20.3 Å². The van der Waals surface area contributed by atoms with Gasteiger partial charge in [-0.2, -0.15) is 0 Å². The summed E-state index contributed by atoms with van der Waals surface area (Å²) in [7, 11) is 3.11. The zero-order chi connectivity index (χ0) is 22.2. The summed E-state index contributed by atoms with van der Waals surface area (Å²) < 4.78 is 10.2. The van der Waals surface area contributed by atoms with Crippen molar-refractivity contribution in [1.29, 1.82) is 0 Å². The molecule has 31 heavy (non-hydrogen) atoms. The molecule has 0 aliphatic carbocycles. The van der Waals surface area contributed by atoms with Gasteiger partial charge in [-0.15, -0.1) is 0 Å². The molecular formula is C22H23N5O3S. The Kier molecular flexibility index (Phi) is 7.45. The summed E-state index contributed by atoms with van der Waals surface area (Å²) in [4.78, 5) is 25.3. The number of nitrogens with zero attached hydrogens (tertiary/aromatic N) is 3. The van der Waals surface area contributed by atoms with E-state index in [0.717, 1.165) is 16.9 Å². The number of amides is 1. The number of carbonyl (C=O) groups is 1. The molecule has 1 aromatic heterocycles. The van der Waals surface area contributed by atoms with Crippen molar-refractivity contribution in [2.45, 2.75) is 6.04 Å². The number of aliphatic imine (C=N–C) groups is 1. The Labute approximate surface area is 184 Å². The van der Waals surface area contributed by atoms with Crippen LogP contribution in [0.3, 0.4) is 0 Å². The van der Waals surface area contributed by atoms with Crippen LogP contribution in [0.25, 0.3) is 0 Å². The molecule has 1 unspecified atom stereocenters. The number of hydrogen-bond acceptors (Lipinski definition) is 7. The van der Waals surface area contributed by atoms with Gasteiger partial charge in [0.2, 0.25) is 5.88 Å². The van der Waals surface area contributed by atoms with Crippen LogP contribution in [0.5, 0.6) is 11.6 Å². The van der Waals surface area contributed by atoms with Crippen LogP contribution in [0.2, 0.25) is 0 Å². The summed E-state index contributed by atoms with van der Waals surface area (Å²) in [5, 5.41) is 3.30. The molecule has 0 spiro atoms. The van der Waals surface area contributed by atoms with E-state index in [9.17, 15) is 4.79 Å². The first kappa shape index (κ1) is 22.1. The standard InChI is InChI=1S/C22H23N5O3S/c1-29-17-9-7-14(8-10-17)20(27-22(23)31-3)15-5-4-6-16(11-15)26-21(28)18-12-25-19(30-2)13-24-18/h4-13,20H,1-3H3,(H2,23,27)(H,26,28). The topological polar surface area (TPSA) is 112 Å². The van der Waals surface area contributed by atoms with E-state index in [4.69, 9.17) is 15.2 Å². The van der Waals surface area contributed by atoms with Crippen molar-refractivity contribution < 1.29 is 14.3 Å². The monoisotopic (exact) mass is 437 g/mol. The highest BCUT2D eigenvalue weighted by atomic mass is 32.2. The minimum absolute atomic E-state index is 0.183. The van der Waals surface area contributed by atoms with Crippen molar-refractivity contribution in [3.63, 3.8) is 0 Å². The van der Waals surface area contributed by atoms with Crippen molar-refractivity contribution in [1.82, 2.24) is 9.97 Å². The smallest absolute Gasteiger partial charge is 0.275 e. The Balaban J connectivity index is 1.88. The van der Waals surface area contributed by atoms with Gasteiger partial charge in [-0.05, 0) is 41.6 Å². The summed E-state index contributed by atoms with van der Waals surface area (Å²) in [6.45, 7) is 0. The average Bonchev–Trinajstić information content (AvgIpc) is 2.82. The van der Waals surface area contributed by atoms with E-state index in [1.807, 2.05) is 48.7 Å². The number of amidine groups is 1. The lowest BCUT2D eigenvalue weighted by molar-refractivity contribution is 0.102. The molecule has 1 amide bonds.